The Balaban J connectivity index is 2.73. The van der Waals surface area contributed by atoms with Gasteiger partial charge in [0.1, 0.15) is 5.92 Å². The molecule has 0 saturated carbocycles. The van der Waals surface area contributed by atoms with Crippen LogP contribution in [-0.4, -0.2) is 5.91 Å². The van der Waals surface area contributed by atoms with Crippen LogP contribution in [0.3, 0.4) is 0 Å². The van der Waals surface area contributed by atoms with E-state index in [1.54, 1.807) is 11.3 Å². The molecular weight excluding hydrogens is 312 g/mol. The van der Waals surface area contributed by atoms with Crippen molar-refractivity contribution in [2.45, 2.75) is 33.7 Å². The summed E-state index contributed by atoms with van der Waals surface area (Å²) in [4.78, 5) is 13.1. The van der Waals surface area contributed by atoms with Gasteiger partial charge in [0.15, 0.2) is 0 Å². The van der Waals surface area contributed by atoms with E-state index >= 15 is 0 Å². The molecule has 0 spiro atoms. The van der Waals surface area contributed by atoms with Gasteiger partial charge < -0.3 is 5.32 Å². The number of nitrogens with zero attached hydrogens (tertiary/aromatic N) is 1. The van der Waals surface area contributed by atoms with Crippen molar-refractivity contribution in [1.29, 1.82) is 5.26 Å². The first-order valence-corrected chi connectivity index (χ1v) is 7.32. The third-order valence-corrected chi connectivity index (χ3v) is 4.44. The normalized spacial score (nSPS) is 14.7. The second-order valence-corrected chi connectivity index (χ2v) is 7.79. The summed E-state index contributed by atoms with van der Waals surface area (Å²) < 4.78 is 1.03. The Morgan fingerprint density at radius 1 is 1.50 bits per heavy atom. The molecule has 0 aliphatic carbocycles. The topological polar surface area (TPSA) is 52.9 Å². The zero-order valence-electron chi connectivity index (χ0n) is 11.0. The first kappa shape index (κ1) is 15.2. The molecule has 2 atom stereocenters. The highest BCUT2D eigenvalue weighted by molar-refractivity contribution is 9.11. The minimum absolute atomic E-state index is 0.0769. The van der Waals surface area contributed by atoms with Crippen molar-refractivity contribution >= 4 is 33.2 Å². The van der Waals surface area contributed by atoms with E-state index in [1.165, 1.54) is 0 Å². The van der Waals surface area contributed by atoms with Crippen LogP contribution in [0.25, 0.3) is 0 Å². The highest BCUT2D eigenvalue weighted by Gasteiger charge is 2.32. The molecule has 1 heterocycles. The fraction of sp³-hybridized carbons (Fsp3) is 0.538. The molecule has 0 fully saturated rings. The molecule has 0 aliphatic heterocycles. The monoisotopic (exact) mass is 328 g/mol. The number of carbonyl (C=O) groups is 1. The molecule has 5 heteroatoms. The lowest BCUT2D eigenvalue weighted by molar-refractivity contribution is -0.126. The molecule has 0 radical (unpaired) electrons. The highest BCUT2D eigenvalue weighted by Crippen LogP contribution is 2.29. The van der Waals surface area contributed by atoms with Crippen molar-refractivity contribution in [1.82, 2.24) is 5.32 Å². The maximum absolute atomic E-state index is 12.1. The molecule has 1 rings (SSSR count). The summed E-state index contributed by atoms with van der Waals surface area (Å²) in [6, 6.07) is 5.93. The lowest BCUT2D eigenvalue weighted by atomic mass is 9.81. The summed E-state index contributed by atoms with van der Waals surface area (Å²) in [6.07, 6.45) is 0. The molecule has 0 aromatic carbocycles. The maximum Gasteiger partial charge on any atom is 0.238 e. The van der Waals surface area contributed by atoms with Crippen LogP contribution < -0.4 is 5.32 Å². The Morgan fingerprint density at radius 2 is 2.11 bits per heavy atom. The molecule has 0 saturated heterocycles. The van der Waals surface area contributed by atoms with Gasteiger partial charge in [-0.3, -0.25) is 4.79 Å². The van der Waals surface area contributed by atoms with E-state index in [1.807, 2.05) is 39.8 Å². The number of amides is 1. The largest absolute Gasteiger partial charge is 0.348 e. The predicted molar refractivity (Wildman–Crippen MR) is 77.1 cm³/mol. The molecule has 98 valence electrons. The molecule has 0 bridgehead atoms. The lowest BCUT2D eigenvalue weighted by Crippen LogP contribution is -2.38. The van der Waals surface area contributed by atoms with Crippen LogP contribution in [0, 0.1) is 22.7 Å². The Bertz CT molecular complexity index is 470. The van der Waals surface area contributed by atoms with Crippen LogP contribution in [0.4, 0.5) is 0 Å². The second kappa shape index (κ2) is 5.85. The Kier molecular flexibility index (Phi) is 4.94. The number of hydrogen-bond donors (Lipinski definition) is 1. The third-order valence-electron chi connectivity index (χ3n) is 2.64. The van der Waals surface area contributed by atoms with E-state index in [0.29, 0.717) is 0 Å². The minimum atomic E-state index is -0.636. The van der Waals surface area contributed by atoms with E-state index in [2.05, 4.69) is 27.3 Å². The molecule has 1 aromatic rings. The van der Waals surface area contributed by atoms with Crippen LogP contribution in [0.15, 0.2) is 15.9 Å². The van der Waals surface area contributed by atoms with Gasteiger partial charge in [0.25, 0.3) is 0 Å². The quantitative estimate of drug-likeness (QED) is 0.915. The Hall–Kier alpha value is -0.860. The molecule has 1 amide bonds. The fourth-order valence-corrected chi connectivity index (χ4v) is 3.00. The SMILES string of the molecule is CC(NC(=O)C(C#N)C(C)(C)C)c1ccc(Br)s1. The van der Waals surface area contributed by atoms with Crippen LogP contribution in [0.1, 0.15) is 38.6 Å². The van der Waals surface area contributed by atoms with Gasteiger partial charge in [-0.2, -0.15) is 5.26 Å². The maximum atomic E-state index is 12.1. The van der Waals surface area contributed by atoms with Crippen molar-refractivity contribution in [2.75, 3.05) is 0 Å². The van der Waals surface area contributed by atoms with Gasteiger partial charge in [-0.05, 0) is 40.4 Å². The van der Waals surface area contributed by atoms with Crippen molar-refractivity contribution in [3.05, 3.63) is 20.8 Å². The summed E-state index contributed by atoms with van der Waals surface area (Å²) in [5.41, 5.74) is -0.353. The van der Waals surface area contributed by atoms with Gasteiger partial charge in [0.05, 0.1) is 15.9 Å². The number of nitrogens with one attached hydrogen (secondary N) is 1. The van der Waals surface area contributed by atoms with Crippen molar-refractivity contribution in [3.8, 4) is 6.07 Å². The van der Waals surface area contributed by atoms with Gasteiger partial charge in [0, 0.05) is 4.88 Å². The molecule has 0 aliphatic rings. The van der Waals surface area contributed by atoms with E-state index < -0.39 is 5.92 Å². The zero-order valence-corrected chi connectivity index (χ0v) is 13.4. The highest BCUT2D eigenvalue weighted by atomic mass is 79.9. The predicted octanol–water partition coefficient (Wildman–Crippen LogP) is 3.87. The standard InChI is InChI=1S/C13H17BrN2OS/c1-8(10-5-6-11(14)18-10)16-12(17)9(7-15)13(2,3)4/h5-6,8-9H,1-4H3,(H,16,17). The number of thiophene rings is 1. The van der Waals surface area contributed by atoms with Gasteiger partial charge in [-0.15, -0.1) is 11.3 Å². The van der Waals surface area contributed by atoms with Crippen LogP contribution >= 0.6 is 27.3 Å². The van der Waals surface area contributed by atoms with Gasteiger partial charge in [-0.25, -0.2) is 0 Å². The number of halogens is 1. The smallest absolute Gasteiger partial charge is 0.238 e. The van der Waals surface area contributed by atoms with Gasteiger partial charge in [-0.1, -0.05) is 20.8 Å². The van der Waals surface area contributed by atoms with Gasteiger partial charge in [0.2, 0.25) is 5.91 Å². The second-order valence-electron chi connectivity index (χ2n) is 5.30. The summed E-state index contributed by atoms with van der Waals surface area (Å²) in [7, 11) is 0. The molecule has 1 N–H and O–H groups in total. The zero-order chi connectivity index (χ0) is 13.9. The summed E-state index contributed by atoms with van der Waals surface area (Å²) >= 11 is 4.98. The van der Waals surface area contributed by atoms with E-state index in [-0.39, 0.29) is 17.4 Å². The molecular formula is C13H17BrN2OS. The lowest BCUT2D eigenvalue weighted by Gasteiger charge is -2.25. The number of rotatable bonds is 3. The summed E-state index contributed by atoms with van der Waals surface area (Å²) in [5, 5.41) is 12.0. The average Bonchev–Trinajstić information content (AvgIpc) is 2.63. The first-order chi connectivity index (χ1) is 8.25. The Morgan fingerprint density at radius 3 is 2.50 bits per heavy atom. The summed E-state index contributed by atoms with van der Waals surface area (Å²) in [6.45, 7) is 7.61. The van der Waals surface area contributed by atoms with Crippen LogP contribution in [-0.2, 0) is 4.79 Å². The van der Waals surface area contributed by atoms with E-state index in [0.717, 1.165) is 8.66 Å². The van der Waals surface area contributed by atoms with Gasteiger partial charge >= 0.3 is 0 Å². The van der Waals surface area contributed by atoms with Crippen molar-refractivity contribution < 1.29 is 4.79 Å². The van der Waals surface area contributed by atoms with Crippen molar-refractivity contribution in [3.63, 3.8) is 0 Å². The number of hydrogen-bond acceptors (Lipinski definition) is 3. The minimum Gasteiger partial charge on any atom is -0.348 e. The fourth-order valence-electron chi connectivity index (χ4n) is 1.57. The average molecular weight is 329 g/mol. The first-order valence-electron chi connectivity index (χ1n) is 5.71. The Labute approximate surface area is 120 Å². The van der Waals surface area contributed by atoms with E-state index in [4.69, 9.17) is 5.26 Å². The third kappa shape index (κ3) is 3.82. The van der Waals surface area contributed by atoms with E-state index in [9.17, 15) is 4.79 Å². The number of carbonyl (C=O) groups excluding carboxylic acids is 1. The molecule has 2 unspecified atom stereocenters. The van der Waals surface area contributed by atoms with Crippen LogP contribution in [0.2, 0.25) is 0 Å². The molecule has 3 nitrogen and oxygen atoms in total. The van der Waals surface area contributed by atoms with Crippen molar-refractivity contribution in [2.24, 2.45) is 11.3 Å². The molecule has 1 aromatic heterocycles. The van der Waals surface area contributed by atoms with Crippen LogP contribution in [0.5, 0.6) is 0 Å². The number of nitriles is 1. The summed E-state index contributed by atoms with van der Waals surface area (Å²) in [5.74, 6) is -0.842. The molecule has 18 heavy (non-hydrogen) atoms.